The van der Waals surface area contributed by atoms with Gasteiger partial charge in [0.15, 0.2) is 0 Å². The van der Waals surface area contributed by atoms with Crippen molar-refractivity contribution < 1.29 is 0 Å². The van der Waals surface area contributed by atoms with Crippen molar-refractivity contribution in [1.29, 1.82) is 0 Å². The molecule has 3 heterocycles. The predicted octanol–water partition coefficient (Wildman–Crippen LogP) is 2.76. The highest BCUT2D eigenvalue weighted by Gasteiger charge is 2.20. The molecule has 3 nitrogen and oxygen atoms in total. The maximum atomic E-state index is 6.03. The number of nitrogens with one attached hydrogen (secondary N) is 1. The lowest BCUT2D eigenvalue weighted by Crippen LogP contribution is -2.27. The van der Waals surface area contributed by atoms with Gasteiger partial charge >= 0.3 is 0 Å². The highest BCUT2D eigenvalue weighted by molar-refractivity contribution is 6.30. The fraction of sp³-hybridized carbons (Fsp3) is 0.462. The Balaban J connectivity index is 2.07. The molecule has 0 bridgehead atoms. The number of imidazole rings is 1. The molecule has 1 N–H and O–H groups in total. The molecule has 0 atom stereocenters. The van der Waals surface area contributed by atoms with E-state index < -0.39 is 0 Å². The second-order valence-corrected chi connectivity index (χ2v) is 5.12. The first-order chi connectivity index (χ1) is 8.25. The molecule has 2 aromatic heterocycles. The van der Waals surface area contributed by atoms with E-state index in [2.05, 4.69) is 16.6 Å². The van der Waals surface area contributed by atoms with Crippen molar-refractivity contribution in [3.05, 3.63) is 34.7 Å². The van der Waals surface area contributed by atoms with Gasteiger partial charge in [-0.05, 0) is 45.0 Å². The molecule has 90 valence electrons. The van der Waals surface area contributed by atoms with E-state index in [4.69, 9.17) is 16.6 Å². The van der Waals surface area contributed by atoms with Crippen molar-refractivity contribution in [2.24, 2.45) is 0 Å². The molecule has 17 heavy (non-hydrogen) atoms. The van der Waals surface area contributed by atoms with Crippen LogP contribution in [0.1, 0.15) is 30.1 Å². The van der Waals surface area contributed by atoms with Gasteiger partial charge in [-0.3, -0.25) is 0 Å². The molecule has 0 unspecified atom stereocenters. The summed E-state index contributed by atoms with van der Waals surface area (Å²) in [6, 6.07) is 3.88. The molecule has 0 aromatic carbocycles. The summed E-state index contributed by atoms with van der Waals surface area (Å²) in [4.78, 5) is 4.75. The lowest BCUT2D eigenvalue weighted by Gasteiger charge is -2.21. The van der Waals surface area contributed by atoms with Crippen molar-refractivity contribution in [1.82, 2.24) is 14.7 Å². The summed E-state index contributed by atoms with van der Waals surface area (Å²) in [7, 11) is 0. The van der Waals surface area contributed by atoms with Crippen LogP contribution in [0.25, 0.3) is 5.65 Å². The molecule has 1 aliphatic rings. The summed E-state index contributed by atoms with van der Waals surface area (Å²) in [5.41, 5.74) is 3.48. The largest absolute Gasteiger partial charge is 0.317 e. The number of pyridine rings is 1. The van der Waals surface area contributed by atoms with E-state index in [0.29, 0.717) is 5.92 Å². The smallest absolute Gasteiger partial charge is 0.137 e. The number of aryl methyl sites for hydroxylation is 1. The van der Waals surface area contributed by atoms with Crippen LogP contribution in [-0.4, -0.2) is 22.5 Å². The Kier molecular flexibility index (Phi) is 2.81. The zero-order valence-corrected chi connectivity index (χ0v) is 10.7. The highest BCUT2D eigenvalue weighted by Crippen LogP contribution is 2.28. The number of nitrogens with zero attached hydrogens (tertiary/aromatic N) is 2. The first-order valence-corrected chi connectivity index (χ1v) is 6.48. The van der Waals surface area contributed by atoms with Crippen LogP contribution in [-0.2, 0) is 0 Å². The van der Waals surface area contributed by atoms with E-state index in [1.54, 1.807) is 0 Å². The Labute approximate surface area is 106 Å². The second kappa shape index (κ2) is 4.31. The van der Waals surface area contributed by atoms with Crippen LogP contribution in [0, 0.1) is 6.92 Å². The summed E-state index contributed by atoms with van der Waals surface area (Å²) in [6.07, 6.45) is 4.31. The van der Waals surface area contributed by atoms with E-state index in [0.717, 1.165) is 23.8 Å². The molecule has 1 fully saturated rings. The van der Waals surface area contributed by atoms with Gasteiger partial charge in [0.25, 0.3) is 0 Å². The number of hydrogen-bond donors (Lipinski definition) is 1. The maximum Gasteiger partial charge on any atom is 0.137 e. The maximum absolute atomic E-state index is 6.03. The fourth-order valence-corrected chi connectivity index (χ4v) is 2.80. The lowest BCUT2D eigenvalue weighted by molar-refractivity contribution is 0.453. The number of aromatic nitrogens is 2. The monoisotopic (exact) mass is 249 g/mol. The summed E-state index contributed by atoms with van der Waals surface area (Å²) in [5, 5.41) is 4.15. The van der Waals surface area contributed by atoms with Crippen LogP contribution >= 0.6 is 11.6 Å². The van der Waals surface area contributed by atoms with Gasteiger partial charge in [0.1, 0.15) is 5.65 Å². The van der Waals surface area contributed by atoms with Crippen molar-refractivity contribution in [2.45, 2.75) is 25.7 Å². The molecular weight excluding hydrogens is 234 g/mol. The van der Waals surface area contributed by atoms with Crippen molar-refractivity contribution in [3.63, 3.8) is 0 Å². The average Bonchev–Trinajstić information content (AvgIpc) is 2.68. The van der Waals surface area contributed by atoms with Gasteiger partial charge < -0.3 is 9.72 Å². The molecule has 4 heteroatoms. The molecule has 0 aliphatic carbocycles. The molecule has 0 saturated carbocycles. The van der Waals surface area contributed by atoms with Gasteiger partial charge in [-0.15, -0.1) is 0 Å². The van der Waals surface area contributed by atoms with E-state index in [1.165, 1.54) is 24.2 Å². The molecule has 1 aliphatic heterocycles. The average molecular weight is 250 g/mol. The van der Waals surface area contributed by atoms with Crippen molar-refractivity contribution in [2.75, 3.05) is 13.1 Å². The van der Waals surface area contributed by atoms with Crippen LogP contribution in [0.5, 0.6) is 0 Å². The molecule has 3 rings (SSSR count). The molecule has 1 saturated heterocycles. The topological polar surface area (TPSA) is 29.3 Å². The van der Waals surface area contributed by atoms with Gasteiger partial charge in [0, 0.05) is 17.8 Å². The second-order valence-electron chi connectivity index (χ2n) is 4.68. The van der Waals surface area contributed by atoms with Gasteiger partial charge in [-0.2, -0.15) is 0 Å². The first-order valence-electron chi connectivity index (χ1n) is 6.10. The summed E-state index contributed by atoms with van der Waals surface area (Å²) < 4.78 is 2.10. The number of fused-ring (bicyclic) bond motifs is 1. The number of rotatable bonds is 1. The van der Waals surface area contributed by atoms with E-state index in [1.807, 2.05) is 18.3 Å². The van der Waals surface area contributed by atoms with E-state index in [-0.39, 0.29) is 0 Å². The fourth-order valence-electron chi connectivity index (χ4n) is 2.64. The zero-order chi connectivity index (χ0) is 11.8. The van der Waals surface area contributed by atoms with E-state index >= 15 is 0 Å². The van der Waals surface area contributed by atoms with E-state index in [9.17, 15) is 0 Å². The number of piperidine rings is 1. The third-order valence-corrected chi connectivity index (χ3v) is 3.81. The normalized spacial score (nSPS) is 17.8. The summed E-state index contributed by atoms with van der Waals surface area (Å²) >= 11 is 6.03. The van der Waals surface area contributed by atoms with Gasteiger partial charge in [0.2, 0.25) is 0 Å². The molecular formula is C13H16ClN3. The summed E-state index contributed by atoms with van der Waals surface area (Å²) in [6.45, 7) is 4.32. The quantitative estimate of drug-likeness (QED) is 0.842. The Hall–Kier alpha value is -1.06. The highest BCUT2D eigenvalue weighted by atomic mass is 35.5. The minimum absolute atomic E-state index is 0.593. The third kappa shape index (κ3) is 1.94. The van der Waals surface area contributed by atoms with Gasteiger partial charge in [-0.25, -0.2) is 4.98 Å². The van der Waals surface area contributed by atoms with Crippen LogP contribution in [0.3, 0.4) is 0 Å². The zero-order valence-electron chi connectivity index (χ0n) is 9.91. The third-order valence-electron chi connectivity index (χ3n) is 3.58. The summed E-state index contributed by atoms with van der Waals surface area (Å²) in [5.74, 6) is 0.593. The molecule has 0 spiro atoms. The Bertz CT molecular complexity index is 541. The van der Waals surface area contributed by atoms with Crippen molar-refractivity contribution >= 4 is 17.2 Å². The number of halogens is 1. The molecule has 2 aromatic rings. The standard InChI is InChI=1S/C13H16ClN3/c1-9-13(10-4-6-15-7-5-10)16-12-3-2-11(14)8-17(9)12/h2-3,8,10,15H,4-7H2,1H3. The lowest BCUT2D eigenvalue weighted by atomic mass is 9.94. The Morgan fingerprint density at radius 3 is 2.88 bits per heavy atom. The molecule has 0 radical (unpaired) electrons. The van der Waals surface area contributed by atoms with Crippen LogP contribution < -0.4 is 5.32 Å². The SMILES string of the molecule is Cc1c(C2CCNCC2)nc2ccc(Cl)cn12. The van der Waals surface area contributed by atoms with Crippen LogP contribution in [0.15, 0.2) is 18.3 Å². The van der Waals surface area contributed by atoms with Gasteiger partial charge in [0.05, 0.1) is 10.7 Å². The predicted molar refractivity (Wildman–Crippen MR) is 69.8 cm³/mol. The minimum Gasteiger partial charge on any atom is -0.317 e. The van der Waals surface area contributed by atoms with Crippen molar-refractivity contribution in [3.8, 4) is 0 Å². The first kappa shape index (κ1) is 11.1. The Morgan fingerprint density at radius 1 is 1.35 bits per heavy atom. The Morgan fingerprint density at radius 2 is 2.12 bits per heavy atom. The number of hydrogen-bond acceptors (Lipinski definition) is 2. The van der Waals surface area contributed by atoms with Crippen LogP contribution in [0.4, 0.5) is 0 Å². The minimum atomic E-state index is 0.593. The van der Waals surface area contributed by atoms with Crippen LogP contribution in [0.2, 0.25) is 5.02 Å². The van der Waals surface area contributed by atoms with Gasteiger partial charge in [-0.1, -0.05) is 11.6 Å². The molecule has 0 amide bonds.